The quantitative estimate of drug-likeness (QED) is 0.840. The molecule has 2 atom stereocenters. The Hall–Kier alpha value is -1.64. The van der Waals surface area contributed by atoms with Crippen molar-refractivity contribution in [3.05, 3.63) is 10.6 Å². The average molecular weight is 389 g/mol. The van der Waals surface area contributed by atoms with Gasteiger partial charge in [0.05, 0.1) is 11.6 Å². The van der Waals surface area contributed by atoms with Crippen LogP contribution in [0.5, 0.6) is 0 Å². The summed E-state index contributed by atoms with van der Waals surface area (Å²) in [6.07, 6.45) is 0.647. The van der Waals surface area contributed by atoms with Gasteiger partial charge in [-0.2, -0.15) is 13.2 Å². The summed E-state index contributed by atoms with van der Waals surface area (Å²) >= 11 is 1.44. The maximum absolute atomic E-state index is 12.5. The molecule has 0 aromatic carbocycles. The predicted octanol–water partition coefficient (Wildman–Crippen LogP) is 3.40. The van der Waals surface area contributed by atoms with E-state index < -0.39 is 30.5 Å². The summed E-state index contributed by atoms with van der Waals surface area (Å²) in [6, 6.07) is 0. The Bertz CT molecular complexity index is 689. The van der Waals surface area contributed by atoms with Gasteiger partial charge in [0.15, 0.2) is 5.13 Å². The number of rotatable bonds is 5. The molecule has 1 saturated heterocycles. The van der Waals surface area contributed by atoms with Crippen molar-refractivity contribution in [1.82, 2.24) is 9.88 Å². The summed E-state index contributed by atoms with van der Waals surface area (Å²) in [5.41, 5.74) is 1.01. The van der Waals surface area contributed by atoms with Crippen molar-refractivity contribution in [2.45, 2.75) is 51.6 Å². The van der Waals surface area contributed by atoms with Crippen molar-refractivity contribution in [2.75, 3.05) is 18.4 Å². The third kappa shape index (κ3) is 4.55. The van der Waals surface area contributed by atoms with E-state index in [1.807, 2.05) is 0 Å². The number of thiazole rings is 1. The second kappa shape index (κ2) is 7.54. The molecule has 1 fully saturated rings. The fourth-order valence-corrected chi connectivity index (χ4v) is 4.80. The van der Waals surface area contributed by atoms with Gasteiger partial charge in [-0.05, 0) is 25.2 Å². The first kappa shape index (κ1) is 19.1. The van der Waals surface area contributed by atoms with Gasteiger partial charge in [0.2, 0.25) is 11.8 Å². The van der Waals surface area contributed by atoms with Gasteiger partial charge in [0, 0.05) is 17.8 Å². The van der Waals surface area contributed by atoms with Crippen LogP contribution in [0.3, 0.4) is 0 Å². The van der Waals surface area contributed by atoms with Crippen LogP contribution in [0.25, 0.3) is 0 Å². The summed E-state index contributed by atoms with van der Waals surface area (Å²) in [6.45, 7) is 0.659. The van der Waals surface area contributed by atoms with Gasteiger partial charge in [0.25, 0.3) is 0 Å². The zero-order chi connectivity index (χ0) is 18.9. The molecule has 26 heavy (non-hydrogen) atoms. The maximum Gasteiger partial charge on any atom is 0.406 e. The minimum Gasteiger partial charge on any atom is -0.333 e. The third-order valence-corrected chi connectivity index (χ3v) is 5.96. The van der Waals surface area contributed by atoms with E-state index >= 15 is 0 Å². The van der Waals surface area contributed by atoms with Gasteiger partial charge in [-0.25, -0.2) is 4.98 Å². The number of aryl methyl sites for hydroxylation is 1. The first-order chi connectivity index (χ1) is 12.2. The van der Waals surface area contributed by atoms with Gasteiger partial charge in [-0.15, -0.1) is 11.3 Å². The third-order valence-electron chi connectivity index (χ3n) is 4.92. The van der Waals surface area contributed by atoms with E-state index in [1.165, 1.54) is 22.6 Å². The number of carbonyl (C=O) groups is 2. The van der Waals surface area contributed by atoms with Gasteiger partial charge >= 0.3 is 6.18 Å². The predicted molar refractivity (Wildman–Crippen MR) is 91.9 cm³/mol. The lowest BCUT2D eigenvalue weighted by molar-refractivity contribution is -0.157. The Morgan fingerprint density at radius 3 is 2.85 bits per heavy atom. The van der Waals surface area contributed by atoms with Crippen LogP contribution in [0.1, 0.15) is 43.2 Å². The first-order valence-corrected chi connectivity index (χ1v) is 9.70. The Balaban J connectivity index is 1.59. The number of carbonyl (C=O) groups excluding carboxylic acids is 2. The lowest BCUT2D eigenvalue weighted by Gasteiger charge is -2.19. The highest BCUT2D eigenvalue weighted by atomic mass is 32.1. The van der Waals surface area contributed by atoms with Crippen LogP contribution in [-0.2, 0) is 22.4 Å². The van der Waals surface area contributed by atoms with E-state index in [-0.39, 0.29) is 13.0 Å². The molecule has 0 saturated carbocycles. The largest absolute Gasteiger partial charge is 0.406 e. The van der Waals surface area contributed by atoms with E-state index in [2.05, 4.69) is 17.2 Å². The van der Waals surface area contributed by atoms with E-state index in [4.69, 9.17) is 0 Å². The van der Waals surface area contributed by atoms with Gasteiger partial charge in [-0.3, -0.25) is 9.59 Å². The zero-order valence-corrected chi connectivity index (χ0v) is 15.4. The topological polar surface area (TPSA) is 62.3 Å². The molecule has 144 valence electrons. The highest BCUT2D eigenvalue weighted by Crippen LogP contribution is 2.34. The highest BCUT2D eigenvalue weighted by Gasteiger charge is 2.40. The van der Waals surface area contributed by atoms with Gasteiger partial charge in [-0.1, -0.05) is 19.8 Å². The Kier molecular flexibility index (Phi) is 5.55. The molecule has 5 nitrogen and oxygen atoms in total. The van der Waals surface area contributed by atoms with Crippen molar-refractivity contribution >= 4 is 28.3 Å². The normalized spacial score (nSPS) is 23.2. The number of amides is 2. The molecule has 3 rings (SSSR count). The number of alkyl halides is 3. The van der Waals surface area contributed by atoms with Crippen molar-refractivity contribution in [3.63, 3.8) is 0 Å². The second-order valence-corrected chi connectivity index (χ2v) is 8.15. The minimum atomic E-state index is -4.45. The maximum atomic E-state index is 12.5. The molecule has 2 heterocycles. The van der Waals surface area contributed by atoms with Crippen LogP contribution in [0.15, 0.2) is 0 Å². The van der Waals surface area contributed by atoms with Gasteiger partial charge < -0.3 is 10.2 Å². The average Bonchev–Trinajstić information content (AvgIpc) is 3.09. The number of likely N-dealkylation sites (tertiary alicyclic amines) is 1. The number of aromatic nitrogens is 1. The first-order valence-electron chi connectivity index (χ1n) is 8.89. The number of hydrogen-bond donors (Lipinski definition) is 1. The Labute approximate surface area is 154 Å². The number of hydrogen-bond acceptors (Lipinski definition) is 4. The number of nitrogens with one attached hydrogen (secondary N) is 1. The molecule has 1 aromatic heterocycles. The van der Waals surface area contributed by atoms with Crippen LogP contribution in [0.2, 0.25) is 0 Å². The van der Waals surface area contributed by atoms with Crippen LogP contribution < -0.4 is 5.32 Å². The molecule has 1 aliphatic heterocycles. The summed E-state index contributed by atoms with van der Waals surface area (Å²) < 4.78 is 37.4. The van der Waals surface area contributed by atoms with Crippen molar-refractivity contribution in [3.8, 4) is 0 Å². The van der Waals surface area contributed by atoms with Crippen molar-refractivity contribution < 1.29 is 22.8 Å². The van der Waals surface area contributed by atoms with Crippen LogP contribution in [0, 0.1) is 11.8 Å². The summed E-state index contributed by atoms with van der Waals surface area (Å²) in [4.78, 5) is 30.4. The van der Waals surface area contributed by atoms with Crippen LogP contribution >= 0.6 is 11.3 Å². The molecule has 1 aromatic rings. The number of halogens is 3. The summed E-state index contributed by atoms with van der Waals surface area (Å²) in [5, 5.41) is 3.19. The van der Waals surface area contributed by atoms with Gasteiger partial charge in [0.1, 0.15) is 6.54 Å². The summed E-state index contributed by atoms with van der Waals surface area (Å²) in [5.74, 6) is -1.18. The Morgan fingerprint density at radius 1 is 1.38 bits per heavy atom. The van der Waals surface area contributed by atoms with E-state index in [1.54, 1.807) is 0 Å². The second-order valence-electron chi connectivity index (χ2n) is 7.07. The molecular formula is C17H22F3N3O2S. The fourth-order valence-electron chi connectivity index (χ4n) is 3.68. The number of anilines is 1. The van der Waals surface area contributed by atoms with Crippen LogP contribution in [0.4, 0.5) is 18.3 Å². The molecule has 9 heteroatoms. The SMILES string of the molecule is CCC[C@@H]1CCc2nc(NC(=O)[C@@H]3CC(=O)N(CC(F)(F)F)C3)sc2C1. The standard InChI is InChI=1S/C17H22F3N3O2S/c1-2-3-10-4-5-12-13(6-10)26-16(21-12)22-15(25)11-7-14(24)23(8-11)9-17(18,19)20/h10-11H,2-9H2,1H3,(H,21,22,25)/t10-,11-/m1/s1. The molecule has 2 aliphatic rings. The molecule has 2 amide bonds. The molecule has 0 radical (unpaired) electrons. The fraction of sp³-hybridized carbons (Fsp3) is 0.706. The molecule has 1 N–H and O–H groups in total. The molecule has 0 spiro atoms. The highest BCUT2D eigenvalue weighted by molar-refractivity contribution is 7.15. The number of fused-ring (bicyclic) bond motifs is 1. The smallest absolute Gasteiger partial charge is 0.333 e. The minimum absolute atomic E-state index is 0.189. The van der Waals surface area contributed by atoms with E-state index in [9.17, 15) is 22.8 Å². The lowest BCUT2D eigenvalue weighted by Crippen LogP contribution is -2.36. The van der Waals surface area contributed by atoms with E-state index in [0.717, 1.165) is 31.4 Å². The lowest BCUT2D eigenvalue weighted by atomic mass is 9.88. The monoisotopic (exact) mass is 389 g/mol. The zero-order valence-electron chi connectivity index (χ0n) is 14.6. The Morgan fingerprint density at radius 2 is 2.15 bits per heavy atom. The number of nitrogens with zero attached hydrogens (tertiary/aromatic N) is 2. The van der Waals surface area contributed by atoms with Crippen LogP contribution in [-0.4, -0.2) is 41.0 Å². The van der Waals surface area contributed by atoms with Crippen molar-refractivity contribution in [2.24, 2.45) is 11.8 Å². The molecule has 0 bridgehead atoms. The molecule has 1 aliphatic carbocycles. The summed E-state index contributed by atoms with van der Waals surface area (Å²) in [7, 11) is 0. The molecule has 0 unspecified atom stereocenters. The van der Waals surface area contributed by atoms with Crippen molar-refractivity contribution in [1.29, 1.82) is 0 Å². The molecular weight excluding hydrogens is 367 g/mol. The van der Waals surface area contributed by atoms with E-state index in [0.29, 0.717) is 15.9 Å².